The molecular formula is C25H24N2. The number of fused-ring (bicyclic) bond motifs is 4. The quantitative estimate of drug-likeness (QED) is 0.655. The van der Waals surface area contributed by atoms with Crippen LogP contribution in [0.25, 0.3) is 0 Å². The number of aliphatic imine (C=N–C) groups is 2. The molecule has 2 aliphatic rings. The first-order valence-electron chi connectivity index (χ1n) is 9.45. The molecular weight excluding hydrogens is 328 g/mol. The molecule has 2 aliphatic heterocycles. The summed E-state index contributed by atoms with van der Waals surface area (Å²) < 4.78 is 0. The van der Waals surface area contributed by atoms with E-state index in [-0.39, 0.29) is 6.04 Å². The molecule has 0 saturated heterocycles. The summed E-state index contributed by atoms with van der Waals surface area (Å²) >= 11 is 0. The maximum absolute atomic E-state index is 5.03. The van der Waals surface area contributed by atoms with Crippen LogP contribution in [0.5, 0.6) is 0 Å². The van der Waals surface area contributed by atoms with Crippen LogP contribution in [0.4, 0.5) is 0 Å². The molecule has 0 bridgehead atoms. The number of nitrogens with zero attached hydrogens (tertiary/aromatic N) is 2. The highest BCUT2D eigenvalue weighted by molar-refractivity contribution is 6.11. The summed E-state index contributed by atoms with van der Waals surface area (Å²) in [4.78, 5) is 9.86. The van der Waals surface area contributed by atoms with Gasteiger partial charge in [-0.15, -0.1) is 0 Å². The fourth-order valence-electron chi connectivity index (χ4n) is 4.22. The van der Waals surface area contributed by atoms with Crippen LogP contribution in [0.15, 0.2) is 96.0 Å². The van der Waals surface area contributed by atoms with Crippen molar-refractivity contribution in [2.24, 2.45) is 9.98 Å². The molecule has 0 amide bonds. The zero-order valence-electron chi connectivity index (χ0n) is 15.6. The van der Waals surface area contributed by atoms with Gasteiger partial charge in [0.2, 0.25) is 0 Å². The third kappa shape index (κ3) is 3.12. The molecule has 4 rings (SSSR count). The second kappa shape index (κ2) is 7.32. The Morgan fingerprint density at radius 2 is 1.59 bits per heavy atom. The topological polar surface area (TPSA) is 24.7 Å². The van der Waals surface area contributed by atoms with Gasteiger partial charge in [-0.3, -0.25) is 9.98 Å². The number of rotatable bonds is 2. The molecule has 2 aromatic rings. The molecule has 0 aromatic heterocycles. The molecule has 134 valence electrons. The first-order valence-corrected chi connectivity index (χ1v) is 9.45. The number of hydrogen-bond acceptors (Lipinski definition) is 2. The van der Waals surface area contributed by atoms with Crippen LogP contribution in [0.2, 0.25) is 0 Å². The summed E-state index contributed by atoms with van der Waals surface area (Å²) in [5.41, 5.74) is 7.98. The van der Waals surface area contributed by atoms with Crippen molar-refractivity contribution >= 4 is 11.4 Å². The van der Waals surface area contributed by atoms with Gasteiger partial charge in [0.25, 0.3) is 0 Å². The van der Waals surface area contributed by atoms with Crippen molar-refractivity contribution in [3.05, 3.63) is 108 Å². The highest BCUT2D eigenvalue weighted by atomic mass is 14.9. The summed E-state index contributed by atoms with van der Waals surface area (Å²) in [7, 11) is 0. The Morgan fingerprint density at radius 3 is 2.37 bits per heavy atom. The van der Waals surface area contributed by atoms with Crippen LogP contribution in [-0.4, -0.2) is 24.0 Å². The predicted molar refractivity (Wildman–Crippen MR) is 115 cm³/mol. The smallest absolute Gasteiger partial charge is 0.0800 e. The molecule has 2 atom stereocenters. The lowest BCUT2D eigenvalue weighted by atomic mass is 9.77. The maximum atomic E-state index is 5.03. The molecule has 0 aliphatic carbocycles. The zero-order chi connectivity index (χ0) is 18.8. The van der Waals surface area contributed by atoms with Crippen molar-refractivity contribution in [2.45, 2.75) is 24.8 Å². The minimum atomic E-state index is 0.0352. The summed E-state index contributed by atoms with van der Waals surface area (Å²) in [6.45, 7) is 12.9. The van der Waals surface area contributed by atoms with Crippen molar-refractivity contribution in [1.29, 1.82) is 0 Å². The van der Waals surface area contributed by atoms with Gasteiger partial charge in [-0.25, -0.2) is 0 Å². The second-order valence-electron chi connectivity index (χ2n) is 7.12. The van der Waals surface area contributed by atoms with Crippen LogP contribution in [0.3, 0.4) is 0 Å². The zero-order valence-corrected chi connectivity index (χ0v) is 15.6. The third-order valence-corrected chi connectivity index (χ3v) is 5.57. The Morgan fingerprint density at radius 1 is 0.889 bits per heavy atom. The van der Waals surface area contributed by atoms with Gasteiger partial charge >= 0.3 is 0 Å². The van der Waals surface area contributed by atoms with Crippen molar-refractivity contribution < 1.29 is 0 Å². The molecule has 0 fully saturated rings. The highest BCUT2D eigenvalue weighted by Crippen LogP contribution is 2.38. The van der Waals surface area contributed by atoms with E-state index in [0.717, 1.165) is 29.8 Å². The van der Waals surface area contributed by atoms with E-state index in [1.807, 2.05) is 12.2 Å². The Balaban J connectivity index is 1.84. The summed E-state index contributed by atoms with van der Waals surface area (Å²) in [6, 6.07) is 17.1. The van der Waals surface area contributed by atoms with Gasteiger partial charge in [0.1, 0.15) is 0 Å². The molecule has 0 saturated carbocycles. The summed E-state index contributed by atoms with van der Waals surface area (Å²) in [5.74, 6) is 0.311. The summed E-state index contributed by atoms with van der Waals surface area (Å²) in [5, 5.41) is 0. The number of hydrogen-bond donors (Lipinski definition) is 0. The van der Waals surface area contributed by atoms with E-state index >= 15 is 0 Å². The van der Waals surface area contributed by atoms with E-state index in [0.29, 0.717) is 12.5 Å². The van der Waals surface area contributed by atoms with Gasteiger partial charge in [-0.1, -0.05) is 68.3 Å². The van der Waals surface area contributed by atoms with E-state index in [4.69, 9.17) is 9.98 Å². The SMILES string of the molecule is C=CC1=NCC(=C)C2N=C(C=C)c3ccccc3C2CCc2ccccc21. The van der Waals surface area contributed by atoms with Gasteiger partial charge < -0.3 is 0 Å². The standard InChI is InChI=1S/C25H24N2/c1-4-23-19-11-7-6-10-18(19)14-15-22-20-12-8-9-13-21(20)24(5-2)27-25(22)17(3)16-26-23/h4-13,22,25H,1-3,14-16H2. The fourth-order valence-corrected chi connectivity index (χ4v) is 4.22. The maximum Gasteiger partial charge on any atom is 0.0800 e. The van der Waals surface area contributed by atoms with Crippen LogP contribution in [-0.2, 0) is 6.42 Å². The minimum absolute atomic E-state index is 0.0352. The molecule has 2 unspecified atom stereocenters. The van der Waals surface area contributed by atoms with Crippen molar-refractivity contribution in [1.82, 2.24) is 0 Å². The molecule has 0 radical (unpaired) electrons. The Hall–Kier alpha value is -3.00. The Kier molecular flexibility index (Phi) is 4.72. The highest BCUT2D eigenvalue weighted by Gasteiger charge is 2.32. The first kappa shape index (κ1) is 17.4. The normalized spacial score (nSPS) is 21.7. The van der Waals surface area contributed by atoms with Gasteiger partial charge in [0.15, 0.2) is 0 Å². The number of benzene rings is 2. The third-order valence-electron chi connectivity index (χ3n) is 5.57. The van der Waals surface area contributed by atoms with E-state index in [1.165, 1.54) is 22.3 Å². The molecule has 2 aromatic carbocycles. The van der Waals surface area contributed by atoms with Crippen LogP contribution >= 0.6 is 0 Å². The number of allylic oxidation sites excluding steroid dienone is 2. The minimum Gasteiger partial charge on any atom is -0.280 e. The van der Waals surface area contributed by atoms with E-state index in [9.17, 15) is 0 Å². The summed E-state index contributed by atoms with van der Waals surface area (Å²) in [6.07, 6.45) is 5.70. The molecule has 0 spiro atoms. The first-order chi connectivity index (χ1) is 13.2. The largest absolute Gasteiger partial charge is 0.280 e. The van der Waals surface area contributed by atoms with E-state index < -0.39 is 0 Å². The van der Waals surface area contributed by atoms with Gasteiger partial charge in [0.05, 0.1) is 24.0 Å². The predicted octanol–water partition coefficient (Wildman–Crippen LogP) is 5.31. The Labute approximate surface area is 161 Å². The lowest BCUT2D eigenvalue weighted by Gasteiger charge is -2.33. The fraction of sp³-hybridized carbons (Fsp3) is 0.200. The van der Waals surface area contributed by atoms with Gasteiger partial charge in [0, 0.05) is 17.0 Å². The average Bonchev–Trinajstić information content (AvgIpc) is 2.72. The van der Waals surface area contributed by atoms with Gasteiger partial charge in [-0.05, 0) is 41.7 Å². The molecule has 2 nitrogen and oxygen atoms in total. The van der Waals surface area contributed by atoms with Crippen molar-refractivity contribution in [3.63, 3.8) is 0 Å². The van der Waals surface area contributed by atoms with E-state index in [1.54, 1.807) is 0 Å². The van der Waals surface area contributed by atoms with Crippen molar-refractivity contribution in [3.8, 4) is 0 Å². The number of aryl methyl sites for hydroxylation is 1. The molecule has 2 heteroatoms. The molecule has 2 heterocycles. The lowest BCUT2D eigenvalue weighted by molar-refractivity contribution is 0.536. The van der Waals surface area contributed by atoms with Crippen LogP contribution in [0, 0.1) is 0 Å². The lowest BCUT2D eigenvalue weighted by Crippen LogP contribution is -2.29. The molecule has 27 heavy (non-hydrogen) atoms. The van der Waals surface area contributed by atoms with E-state index in [2.05, 4.69) is 68.3 Å². The second-order valence-corrected chi connectivity index (χ2v) is 7.12. The Bertz CT molecular complexity index is 971. The van der Waals surface area contributed by atoms with Crippen molar-refractivity contribution in [2.75, 3.05) is 6.54 Å². The van der Waals surface area contributed by atoms with Crippen LogP contribution in [0.1, 0.15) is 34.6 Å². The monoisotopic (exact) mass is 352 g/mol. The van der Waals surface area contributed by atoms with Gasteiger partial charge in [-0.2, -0.15) is 0 Å². The van der Waals surface area contributed by atoms with Crippen LogP contribution < -0.4 is 0 Å². The average molecular weight is 352 g/mol. The molecule has 0 N–H and O–H groups in total.